The highest BCUT2D eigenvalue weighted by Crippen LogP contribution is 2.46. The van der Waals surface area contributed by atoms with Gasteiger partial charge in [0.05, 0.1) is 6.10 Å². The van der Waals surface area contributed by atoms with Gasteiger partial charge in [-0.25, -0.2) is 0 Å². The lowest BCUT2D eigenvalue weighted by molar-refractivity contribution is 0.00811. The third-order valence-electron chi connectivity index (χ3n) is 3.85. The Kier molecular flexibility index (Phi) is 3.17. The molecular weight excluding hydrogens is 204 g/mol. The molecule has 2 rings (SSSR count). The van der Waals surface area contributed by atoms with E-state index >= 15 is 0 Å². The Bertz CT molecular complexity index is 323. The number of hydrogen-bond donors (Lipinski definition) is 1. The first-order valence-corrected chi connectivity index (χ1v) is 6.73. The van der Waals surface area contributed by atoms with Gasteiger partial charge in [-0.05, 0) is 42.2 Å². The SMILES string of the molecule is Cc1sccc1C(O)C1(C)CCCCC1. The van der Waals surface area contributed by atoms with Crippen molar-refractivity contribution in [2.24, 2.45) is 5.41 Å². The molecule has 15 heavy (non-hydrogen) atoms. The maximum atomic E-state index is 10.5. The van der Waals surface area contributed by atoms with E-state index in [4.69, 9.17) is 0 Å². The highest BCUT2D eigenvalue weighted by Gasteiger charge is 2.35. The van der Waals surface area contributed by atoms with Crippen LogP contribution in [0.25, 0.3) is 0 Å². The fourth-order valence-corrected chi connectivity index (χ4v) is 3.42. The van der Waals surface area contributed by atoms with Crippen LogP contribution in [0.4, 0.5) is 0 Å². The third kappa shape index (κ3) is 2.11. The van der Waals surface area contributed by atoms with Crippen LogP contribution in [0.3, 0.4) is 0 Å². The van der Waals surface area contributed by atoms with Crippen molar-refractivity contribution >= 4 is 11.3 Å². The Morgan fingerprint density at radius 3 is 2.53 bits per heavy atom. The smallest absolute Gasteiger partial charge is 0.0854 e. The Hall–Kier alpha value is -0.340. The van der Waals surface area contributed by atoms with Gasteiger partial charge in [0.1, 0.15) is 0 Å². The second-order valence-corrected chi connectivity index (χ2v) is 6.17. The quantitative estimate of drug-likeness (QED) is 0.803. The molecule has 1 aromatic heterocycles. The standard InChI is InChI=1S/C13H20OS/c1-10-11(6-9-15-10)12(14)13(2)7-4-3-5-8-13/h6,9,12,14H,3-5,7-8H2,1-2H3. The second-order valence-electron chi connectivity index (χ2n) is 5.05. The molecule has 0 radical (unpaired) electrons. The van der Waals surface area contributed by atoms with Gasteiger partial charge in [-0.2, -0.15) is 0 Å². The molecule has 1 heterocycles. The van der Waals surface area contributed by atoms with Crippen LogP contribution in [-0.2, 0) is 0 Å². The van der Waals surface area contributed by atoms with Gasteiger partial charge in [0.25, 0.3) is 0 Å². The maximum Gasteiger partial charge on any atom is 0.0854 e. The summed E-state index contributed by atoms with van der Waals surface area (Å²) in [5.41, 5.74) is 1.27. The van der Waals surface area contributed by atoms with Crippen molar-refractivity contribution in [3.8, 4) is 0 Å². The van der Waals surface area contributed by atoms with E-state index in [0.29, 0.717) is 0 Å². The summed E-state index contributed by atoms with van der Waals surface area (Å²) in [6, 6.07) is 2.09. The summed E-state index contributed by atoms with van der Waals surface area (Å²) in [4.78, 5) is 1.27. The number of rotatable bonds is 2. The molecule has 0 aliphatic heterocycles. The average molecular weight is 224 g/mol. The van der Waals surface area contributed by atoms with Crippen LogP contribution in [-0.4, -0.2) is 5.11 Å². The molecule has 0 aromatic carbocycles. The Morgan fingerprint density at radius 2 is 2.00 bits per heavy atom. The highest BCUT2D eigenvalue weighted by atomic mass is 32.1. The number of aryl methyl sites for hydroxylation is 1. The van der Waals surface area contributed by atoms with E-state index in [-0.39, 0.29) is 11.5 Å². The maximum absolute atomic E-state index is 10.5. The summed E-state index contributed by atoms with van der Waals surface area (Å²) >= 11 is 1.74. The minimum atomic E-state index is -0.260. The number of aliphatic hydroxyl groups excluding tert-OH is 1. The first kappa shape index (κ1) is 11.2. The lowest BCUT2D eigenvalue weighted by Crippen LogP contribution is -2.28. The lowest BCUT2D eigenvalue weighted by Gasteiger charge is -2.38. The van der Waals surface area contributed by atoms with Crippen LogP contribution < -0.4 is 0 Å². The molecule has 0 saturated heterocycles. The van der Waals surface area contributed by atoms with E-state index in [1.54, 1.807) is 11.3 Å². The number of hydrogen-bond acceptors (Lipinski definition) is 2. The molecule has 1 N–H and O–H groups in total. The van der Waals surface area contributed by atoms with E-state index < -0.39 is 0 Å². The van der Waals surface area contributed by atoms with Crippen LogP contribution in [0.1, 0.15) is 55.6 Å². The van der Waals surface area contributed by atoms with Crippen molar-refractivity contribution < 1.29 is 5.11 Å². The van der Waals surface area contributed by atoms with E-state index in [1.807, 2.05) is 0 Å². The van der Waals surface area contributed by atoms with E-state index in [1.165, 1.54) is 37.0 Å². The van der Waals surface area contributed by atoms with E-state index in [2.05, 4.69) is 25.3 Å². The average Bonchev–Trinajstić information content (AvgIpc) is 2.64. The summed E-state index contributed by atoms with van der Waals surface area (Å²) in [5, 5.41) is 12.6. The van der Waals surface area contributed by atoms with Crippen LogP contribution in [0.2, 0.25) is 0 Å². The Balaban J connectivity index is 2.19. The van der Waals surface area contributed by atoms with Crippen molar-refractivity contribution in [3.05, 3.63) is 21.9 Å². The zero-order valence-electron chi connectivity index (χ0n) is 9.62. The molecule has 1 unspecified atom stereocenters. The first-order valence-electron chi connectivity index (χ1n) is 5.85. The van der Waals surface area contributed by atoms with Gasteiger partial charge in [-0.3, -0.25) is 0 Å². The van der Waals surface area contributed by atoms with Crippen LogP contribution in [0.5, 0.6) is 0 Å². The number of thiophene rings is 1. The summed E-state index contributed by atoms with van der Waals surface area (Å²) < 4.78 is 0. The van der Waals surface area contributed by atoms with Crippen molar-refractivity contribution in [1.29, 1.82) is 0 Å². The van der Waals surface area contributed by atoms with Gasteiger partial charge < -0.3 is 5.11 Å². The van der Waals surface area contributed by atoms with E-state index in [0.717, 1.165) is 5.56 Å². The third-order valence-corrected chi connectivity index (χ3v) is 4.71. The molecule has 2 heteroatoms. The van der Waals surface area contributed by atoms with Gasteiger partial charge >= 0.3 is 0 Å². The Morgan fingerprint density at radius 1 is 1.33 bits per heavy atom. The molecule has 1 aliphatic carbocycles. The fraction of sp³-hybridized carbons (Fsp3) is 0.692. The summed E-state index contributed by atoms with van der Waals surface area (Å²) in [6.45, 7) is 4.35. The van der Waals surface area contributed by atoms with Gasteiger partial charge in [0, 0.05) is 4.88 Å². The predicted molar refractivity (Wildman–Crippen MR) is 65.2 cm³/mol. The van der Waals surface area contributed by atoms with Crippen molar-refractivity contribution in [3.63, 3.8) is 0 Å². The topological polar surface area (TPSA) is 20.2 Å². The normalized spacial score (nSPS) is 22.6. The summed E-state index contributed by atoms with van der Waals surface area (Å²) in [7, 11) is 0. The zero-order valence-corrected chi connectivity index (χ0v) is 10.4. The van der Waals surface area contributed by atoms with Crippen LogP contribution in [0, 0.1) is 12.3 Å². The van der Waals surface area contributed by atoms with Gasteiger partial charge in [0.2, 0.25) is 0 Å². The largest absolute Gasteiger partial charge is 0.388 e. The first-order chi connectivity index (χ1) is 7.13. The van der Waals surface area contributed by atoms with Crippen molar-refractivity contribution in [2.45, 2.75) is 52.1 Å². The van der Waals surface area contributed by atoms with Crippen LogP contribution in [0.15, 0.2) is 11.4 Å². The minimum absolute atomic E-state index is 0.115. The molecule has 1 aliphatic rings. The van der Waals surface area contributed by atoms with Crippen molar-refractivity contribution in [1.82, 2.24) is 0 Å². The predicted octanol–water partition coefficient (Wildman–Crippen LogP) is 4.06. The molecule has 84 valence electrons. The van der Waals surface area contributed by atoms with Gasteiger partial charge in [-0.1, -0.05) is 26.2 Å². The minimum Gasteiger partial charge on any atom is -0.388 e. The van der Waals surface area contributed by atoms with Crippen LogP contribution >= 0.6 is 11.3 Å². The molecule has 1 atom stereocenters. The molecule has 0 bridgehead atoms. The second kappa shape index (κ2) is 4.26. The summed E-state index contributed by atoms with van der Waals surface area (Å²) in [6.07, 6.45) is 5.97. The zero-order chi connectivity index (χ0) is 10.9. The monoisotopic (exact) mass is 224 g/mol. The van der Waals surface area contributed by atoms with Gasteiger partial charge in [0.15, 0.2) is 0 Å². The van der Waals surface area contributed by atoms with Gasteiger partial charge in [-0.15, -0.1) is 11.3 Å². The highest BCUT2D eigenvalue weighted by molar-refractivity contribution is 7.10. The summed E-state index contributed by atoms with van der Waals surface area (Å²) in [5.74, 6) is 0. The van der Waals surface area contributed by atoms with Crippen molar-refractivity contribution in [2.75, 3.05) is 0 Å². The molecule has 1 nitrogen and oxygen atoms in total. The lowest BCUT2D eigenvalue weighted by atomic mass is 9.70. The molecule has 0 amide bonds. The molecule has 0 spiro atoms. The van der Waals surface area contributed by atoms with E-state index in [9.17, 15) is 5.11 Å². The molecule has 1 saturated carbocycles. The number of aliphatic hydroxyl groups is 1. The molecule has 1 fully saturated rings. The molecule has 1 aromatic rings. The molecular formula is C13H20OS. The Labute approximate surface area is 96.1 Å². The fourth-order valence-electron chi connectivity index (χ4n) is 2.69.